The normalized spacial score (nSPS) is 18.6. The van der Waals surface area contributed by atoms with E-state index in [1.807, 2.05) is 26.0 Å². The lowest BCUT2D eigenvalue weighted by atomic mass is 9.93. The maximum atomic E-state index is 11.1. The number of hydrogen-bond donors (Lipinski definition) is 0. The van der Waals surface area contributed by atoms with Crippen LogP contribution in [0.5, 0.6) is 0 Å². The van der Waals surface area contributed by atoms with Gasteiger partial charge in [-0.3, -0.25) is 4.79 Å². The van der Waals surface area contributed by atoms with Gasteiger partial charge in [0.15, 0.2) is 5.78 Å². The molecule has 0 saturated heterocycles. The Balaban J connectivity index is 0.000001000. The minimum absolute atomic E-state index is 0. The highest BCUT2D eigenvalue weighted by Crippen LogP contribution is 2.17. The molecule has 0 aromatic carbocycles. The molecule has 0 fully saturated rings. The molecule has 0 radical (unpaired) electrons. The number of ketones is 1. The van der Waals surface area contributed by atoms with E-state index in [2.05, 4.69) is 6.92 Å². The fourth-order valence-electron chi connectivity index (χ4n) is 1.30. The zero-order valence-electron chi connectivity index (χ0n) is 7.14. The van der Waals surface area contributed by atoms with Gasteiger partial charge in [0.2, 0.25) is 0 Å². The number of allylic oxidation sites excluding steroid dienone is 4. The molecule has 0 aliphatic heterocycles. The van der Waals surface area contributed by atoms with Crippen molar-refractivity contribution in [3.05, 3.63) is 23.3 Å². The molecule has 0 saturated carbocycles. The lowest BCUT2D eigenvalue weighted by molar-refractivity contribution is -0.112. The largest absolute Gasteiger partial charge is 0.412 e. The quantitative estimate of drug-likeness (QED) is 0.518. The van der Waals surface area contributed by atoms with Crippen molar-refractivity contribution in [3.8, 4) is 0 Å². The van der Waals surface area contributed by atoms with Gasteiger partial charge in [-0.1, -0.05) is 19.1 Å². The molecule has 0 atom stereocenters. The van der Waals surface area contributed by atoms with Gasteiger partial charge in [0.1, 0.15) is 0 Å². The first kappa shape index (κ1) is 10.1. The maximum Gasteiger partial charge on any atom is 0.183 e. The minimum atomic E-state index is 0. The van der Waals surface area contributed by atoms with Gasteiger partial charge in [-0.25, -0.2) is 0 Å². The Kier molecular flexibility index (Phi) is 3.20. The Labute approximate surface area is 66.9 Å². The third kappa shape index (κ3) is 2.02. The van der Waals surface area contributed by atoms with E-state index in [9.17, 15) is 4.79 Å². The van der Waals surface area contributed by atoms with Crippen LogP contribution in [-0.4, -0.2) is 11.3 Å². The van der Waals surface area contributed by atoms with Gasteiger partial charge in [-0.15, -0.1) is 0 Å². The first-order valence-electron chi connectivity index (χ1n) is 3.53. The van der Waals surface area contributed by atoms with E-state index in [1.165, 1.54) is 0 Å². The van der Waals surface area contributed by atoms with Crippen LogP contribution < -0.4 is 0 Å². The van der Waals surface area contributed by atoms with Crippen molar-refractivity contribution in [2.75, 3.05) is 0 Å². The fraction of sp³-hybridized carbons (Fsp3) is 0.444. The molecule has 1 aliphatic rings. The standard InChI is InChI=1S/C9H12O.H2O/c1-6-4-7(2)9(10)8(3)5-6;/h4-6H,1-3H3;1H2. The van der Waals surface area contributed by atoms with Crippen LogP contribution in [0.15, 0.2) is 23.3 Å². The monoisotopic (exact) mass is 154 g/mol. The van der Waals surface area contributed by atoms with E-state index in [0.717, 1.165) is 11.1 Å². The van der Waals surface area contributed by atoms with Gasteiger partial charge in [-0.2, -0.15) is 0 Å². The highest BCUT2D eigenvalue weighted by molar-refractivity contribution is 6.08. The van der Waals surface area contributed by atoms with E-state index in [1.54, 1.807) is 0 Å². The summed E-state index contributed by atoms with van der Waals surface area (Å²) in [7, 11) is 0. The smallest absolute Gasteiger partial charge is 0.183 e. The SMILES string of the molecule is CC1=CC(C)C=C(C)C1=O.O. The molecule has 0 amide bonds. The molecule has 0 bridgehead atoms. The predicted octanol–water partition coefficient (Wildman–Crippen LogP) is 1.27. The summed E-state index contributed by atoms with van der Waals surface area (Å²) < 4.78 is 0. The zero-order chi connectivity index (χ0) is 7.72. The van der Waals surface area contributed by atoms with Gasteiger partial charge >= 0.3 is 0 Å². The van der Waals surface area contributed by atoms with Gasteiger partial charge in [0, 0.05) is 0 Å². The van der Waals surface area contributed by atoms with Crippen molar-refractivity contribution in [1.82, 2.24) is 0 Å². The second-order valence-electron chi connectivity index (χ2n) is 2.89. The molecule has 2 heteroatoms. The van der Waals surface area contributed by atoms with Crippen molar-refractivity contribution in [1.29, 1.82) is 0 Å². The number of rotatable bonds is 0. The molecule has 0 heterocycles. The molecular weight excluding hydrogens is 140 g/mol. The average Bonchev–Trinajstić information content (AvgIpc) is 1.82. The summed E-state index contributed by atoms with van der Waals surface area (Å²) >= 11 is 0. The first-order valence-corrected chi connectivity index (χ1v) is 3.53. The molecule has 1 rings (SSSR count). The molecule has 0 spiro atoms. The minimum Gasteiger partial charge on any atom is -0.412 e. The highest BCUT2D eigenvalue weighted by Gasteiger charge is 2.12. The van der Waals surface area contributed by atoms with Crippen molar-refractivity contribution in [2.24, 2.45) is 5.92 Å². The number of carbonyl (C=O) groups excluding carboxylic acids is 1. The molecule has 0 aromatic rings. The average molecular weight is 154 g/mol. The molecule has 11 heavy (non-hydrogen) atoms. The summed E-state index contributed by atoms with van der Waals surface area (Å²) in [5.74, 6) is 0.621. The van der Waals surface area contributed by atoms with Gasteiger partial charge < -0.3 is 5.48 Å². The van der Waals surface area contributed by atoms with Crippen LogP contribution in [0.3, 0.4) is 0 Å². The van der Waals surface area contributed by atoms with Crippen LogP contribution in [0, 0.1) is 5.92 Å². The van der Waals surface area contributed by atoms with Crippen LogP contribution in [0.2, 0.25) is 0 Å². The summed E-state index contributed by atoms with van der Waals surface area (Å²) in [5.41, 5.74) is 1.76. The Morgan fingerprint density at radius 1 is 1.18 bits per heavy atom. The van der Waals surface area contributed by atoms with Crippen molar-refractivity contribution >= 4 is 5.78 Å². The molecular formula is C9H14O2. The summed E-state index contributed by atoms with van der Waals surface area (Å²) in [4.78, 5) is 11.1. The Hall–Kier alpha value is -0.890. The summed E-state index contributed by atoms with van der Waals surface area (Å²) in [6.45, 7) is 5.82. The van der Waals surface area contributed by atoms with Gasteiger partial charge in [-0.05, 0) is 30.9 Å². The number of carbonyl (C=O) groups is 1. The lowest BCUT2D eigenvalue weighted by Gasteiger charge is -2.11. The number of hydrogen-bond acceptors (Lipinski definition) is 1. The topological polar surface area (TPSA) is 48.6 Å². The molecule has 62 valence electrons. The summed E-state index contributed by atoms with van der Waals surface area (Å²) in [6.07, 6.45) is 3.99. The van der Waals surface area contributed by atoms with Crippen LogP contribution >= 0.6 is 0 Å². The van der Waals surface area contributed by atoms with Gasteiger partial charge in [0.05, 0.1) is 0 Å². The van der Waals surface area contributed by atoms with E-state index < -0.39 is 0 Å². The van der Waals surface area contributed by atoms with Crippen molar-refractivity contribution in [2.45, 2.75) is 20.8 Å². The third-order valence-corrected chi connectivity index (χ3v) is 1.74. The number of Topliss-reactive ketones (excluding diaryl/α,β-unsaturated/α-hetero) is 1. The Bertz CT molecular complexity index is 202. The Morgan fingerprint density at radius 2 is 1.55 bits per heavy atom. The summed E-state index contributed by atoms with van der Waals surface area (Å²) in [6, 6.07) is 0. The molecule has 2 N–H and O–H groups in total. The molecule has 0 aromatic heterocycles. The van der Waals surface area contributed by atoms with Crippen LogP contribution in [-0.2, 0) is 4.79 Å². The maximum absolute atomic E-state index is 11.1. The zero-order valence-corrected chi connectivity index (χ0v) is 7.14. The predicted molar refractivity (Wildman–Crippen MR) is 45.3 cm³/mol. The van der Waals surface area contributed by atoms with Crippen LogP contribution in [0.25, 0.3) is 0 Å². The lowest BCUT2D eigenvalue weighted by Crippen LogP contribution is -2.08. The summed E-state index contributed by atoms with van der Waals surface area (Å²) in [5, 5.41) is 0. The van der Waals surface area contributed by atoms with Crippen molar-refractivity contribution < 1.29 is 10.3 Å². The van der Waals surface area contributed by atoms with Crippen LogP contribution in [0.1, 0.15) is 20.8 Å². The molecule has 1 aliphatic carbocycles. The van der Waals surface area contributed by atoms with Gasteiger partial charge in [0.25, 0.3) is 0 Å². The van der Waals surface area contributed by atoms with E-state index in [0.29, 0.717) is 5.92 Å². The second-order valence-corrected chi connectivity index (χ2v) is 2.89. The molecule has 0 unspecified atom stereocenters. The Morgan fingerprint density at radius 3 is 1.91 bits per heavy atom. The highest BCUT2D eigenvalue weighted by atomic mass is 16.1. The van der Waals surface area contributed by atoms with E-state index in [4.69, 9.17) is 0 Å². The third-order valence-electron chi connectivity index (χ3n) is 1.74. The molecule has 2 nitrogen and oxygen atoms in total. The van der Waals surface area contributed by atoms with Crippen molar-refractivity contribution in [3.63, 3.8) is 0 Å². The van der Waals surface area contributed by atoms with E-state index >= 15 is 0 Å². The fourth-order valence-corrected chi connectivity index (χ4v) is 1.30. The second kappa shape index (κ2) is 3.49. The first-order chi connectivity index (χ1) is 4.61. The van der Waals surface area contributed by atoms with E-state index in [-0.39, 0.29) is 11.3 Å². The van der Waals surface area contributed by atoms with Crippen LogP contribution in [0.4, 0.5) is 0 Å².